The summed E-state index contributed by atoms with van der Waals surface area (Å²) < 4.78 is 32.2. The fourth-order valence-electron chi connectivity index (χ4n) is 3.31. The van der Waals surface area contributed by atoms with Crippen LogP contribution in [0.5, 0.6) is 0 Å². The Morgan fingerprint density at radius 1 is 0.767 bits per heavy atom. The van der Waals surface area contributed by atoms with Crippen molar-refractivity contribution in [3.63, 3.8) is 0 Å². The Kier molecular flexibility index (Phi) is 11.9. The molecule has 0 saturated heterocycles. The summed E-state index contributed by atoms with van der Waals surface area (Å²) in [5, 5.41) is 0. The van der Waals surface area contributed by atoms with Crippen LogP contribution in [0.2, 0.25) is 0 Å². The largest absolute Gasteiger partial charge is 0.744 e. The normalized spacial score (nSPS) is 11.6. The fraction of sp³-hybridized carbons (Fsp3) is 0.520. The molecule has 0 saturated carbocycles. The number of nitrogens with zero attached hydrogens (tertiary/aromatic N) is 1. The molecule has 0 aliphatic carbocycles. The van der Waals surface area contributed by atoms with Gasteiger partial charge in [-0.1, -0.05) is 81.3 Å². The van der Waals surface area contributed by atoms with Crippen molar-refractivity contribution in [2.24, 2.45) is 0 Å². The lowest BCUT2D eigenvalue weighted by Gasteiger charge is -2.29. The standard InChI is InChI=1S/C18H32N.C7H8O3S/c1-4-5-6-7-8-9-10-14-17-19(2,3)18-15-12-11-13-16-18;1-6-2-4-7(5-3-6)11(8,9)10/h11-13,15-16H,4-10,14,17H2,1-3H3;2-5H,1H3,(H,8,9,10)/q+1;/p-1. The third-order valence-corrected chi connectivity index (χ3v) is 6.19. The molecule has 0 heterocycles. The second kappa shape index (κ2) is 13.6. The molecule has 4 nitrogen and oxygen atoms in total. The first-order chi connectivity index (χ1) is 14.2. The number of quaternary nitrogens is 1. The molecule has 0 unspecified atom stereocenters. The summed E-state index contributed by atoms with van der Waals surface area (Å²) in [4.78, 5) is -0.178. The number of benzene rings is 2. The van der Waals surface area contributed by atoms with Crippen LogP contribution in [0.3, 0.4) is 0 Å². The minimum absolute atomic E-state index is 0.178. The average molecular weight is 434 g/mol. The number of hydrogen-bond acceptors (Lipinski definition) is 3. The second-order valence-electron chi connectivity index (χ2n) is 8.49. The number of para-hydroxylation sites is 1. The molecule has 0 radical (unpaired) electrons. The van der Waals surface area contributed by atoms with Crippen LogP contribution in [0.15, 0.2) is 59.5 Å². The van der Waals surface area contributed by atoms with Gasteiger partial charge in [-0.05, 0) is 44.0 Å². The third kappa shape index (κ3) is 10.9. The molecular weight excluding hydrogens is 394 g/mol. The molecule has 0 fully saturated rings. The molecule has 0 amide bonds. The highest BCUT2D eigenvalue weighted by Gasteiger charge is 2.17. The van der Waals surface area contributed by atoms with Crippen molar-refractivity contribution in [2.45, 2.75) is 70.1 Å². The quantitative estimate of drug-likeness (QED) is 0.238. The zero-order chi connectivity index (χ0) is 22.5. The maximum absolute atomic E-state index is 10.4. The summed E-state index contributed by atoms with van der Waals surface area (Å²) in [6.45, 7) is 5.35. The lowest BCUT2D eigenvalue weighted by molar-refractivity contribution is 0.381. The van der Waals surface area contributed by atoms with Crippen LogP contribution in [0.4, 0.5) is 5.69 Å². The van der Waals surface area contributed by atoms with Crippen molar-refractivity contribution in [3.8, 4) is 0 Å². The van der Waals surface area contributed by atoms with E-state index >= 15 is 0 Å². The van der Waals surface area contributed by atoms with Crippen molar-refractivity contribution in [3.05, 3.63) is 60.2 Å². The summed E-state index contributed by atoms with van der Waals surface area (Å²) in [5.74, 6) is 0. The van der Waals surface area contributed by atoms with Gasteiger partial charge in [-0.25, -0.2) is 8.42 Å². The molecule has 0 bridgehead atoms. The van der Waals surface area contributed by atoms with Crippen molar-refractivity contribution in [1.82, 2.24) is 4.48 Å². The van der Waals surface area contributed by atoms with E-state index in [0.29, 0.717) is 0 Å². The number of hydrogen-bond donors (Lipinski definition) is 0. The molecule has 0 spiro atoms. The summed E-state index contributed by atoms with van der Waals surface area (Å²) in [5.41, 5.74) is 2.35. The average Bonchev–Trinajstić information content (AvgIpc) is 2.71. The van der Waals surface area contributed by atoms with Crippen molar-refractivity contribution in [2.75, 3.05) is 20.6 Å². The number of aryl methyl sites for hydroxylation is 1. The van der Waals surface area contributed by atoms with E-state index in [1.807, 2.05) is 6.92 Å². The predicted molar refractivity (Wildman–Crippen MR) is 127 cm³/mol. The molecule has 0 atom stereocenters. The topological polar surface area (TPSA) is 57.2 Å². The fourth-order valence-corrected chi connectivity index (χ4v) is 3.78. The van der Waals surface area contributed by atoms with E-state index in [0.717, 1.165) is 10.0 Å². The Balaban J connectivity index is 0.000000346. The molecule has 5 heteroatoms. The van der Waals surface area contributed by atoms with E-state index in [1.165, 1.54) is 75.7 Å². The van der Waals surface area contributed by atoms with E-state index in [1.54, 1.807) is 12.1 Å². The van der Waals surface area contributed by atoms with Gasteiger partial charge >= 0.3 is 0 Å². The van der Waals surface area contributed by atoms with E-state index < -0.39 is 10.1 Å². The SMILES string of the molecule is CCCCCCCCCC[N+](C)(C)c1ccccc1.Cc1ccc(S(=O)(=O)[O-])cc1. The van der Waals surface area contributed by atoms with Crippen molar-refractivity contribution < 1.29 is 13.0 Å². The van der Waals surface area contributed by atoms with Gasteiger partial charge < -0.3 is 4.55 Å². The lowest BCUT2D eigenvalue weighted by Crippen LogP contribution is -2.41. The highest BCUT2D eigenvalue weighted by Crippen LogP contribution is 2.19. The van der Waals surface area contributed by atoms with E-state index in [4.69, 9.17) is 0 Å². The lowest BCUT2D eigenvalue weighted by atomic mass is 10.1. The first-order valence-electron chi connectivity index (χ1n) is 11.1. The summed E-state index contributed by atoms with van der Waals surface area (Å²) in [7, 11) is 0.363. The second-order valence-corrected chi connectivity index (χ2v) is 9.87. The number of rotatable bonds is 11. The van der Waals surface area contributed by atoms with Crippen LogP contribution in [-0.2, 0) is 10.1 Å². The molecule has 30 heavy (non-hydrogen) atoms. The molecule has 0 aromatic heterocycles. The van der Waals surface area contributed by atoms with Crippen LogP contribution >= 0.6 is 0 Å². The van der Waals surface area contributed by atoms with E-state index in [2.05, 4.69) is 51.4 Å². The summed E-state index contributed by atoms with van der Waals surface area (Å²) in [6.07, 6.45) is 11.2. The maximum Gasteiger partial charge on any atom is 0.132 e. The van der Waals surface area contributed by atoms with Crippen LogP contribution in [-0.4, -0.2) is 33.6 Å². The van der Waals surface area contributed by atoms with Crippen LogP contribution < -0.4 is 4.48 Å². The smallest absolute Gasteiger partial charge is 0.132 e. The van der Waals surface area contributed by atoms with Gasteiger partial charge in [0.2, 0.25) is 0 Å². The van der Waals surface area contributed by atoms with Gasteiger partial charge in [0, 0.05) is 0 Å². The van der Waals surface area contributed by atoms with Crippen LogP contribution in [0.25, 0.3) is 0 Å². The van der Waals surface area contributed by atoms with Crippen LogP contribution in [0, 0.1) is 6.92 Å². The van der Waals surface area contributed by atoms with Crippen molar-refractivity contribution in [1.29, 1.82) is 0 Å². The first kappa shape index (κ1) is 26.3. The van der Waals surface area contributed by atoms with E-state index in [9.17, 15) is 13.0 Å². The summed E-state index contributed by atoms with van der Waals surface area (Å²) in [6, 6.07) is 16.6. The molecule has 2 aromatic carbocycles. The monoisotopic (exact) mass is 433 g/mol. The molecule has 168 valence electrons. The highest BCUT2D eigenvalue weighted by atomic mass is 32.2. The van der Waals surface area contributed by atoms with E-state index in [-0.39, 0.29) is 4.90 Å². The summed E-state index contributed by atoms with van der Waals surface area (Å²) >= 11 is 0. The first-order valence-corrected chi connectivity index (χ1v) is 12.5. The Hall–Kier alpha value is -1.69. The molecule has 0 N–H and O–H groups in total. The minimum atomic E-state index is -4.27. The van der Waals surface area contributed by atoms with Gasteiger partial charge in [-0.3, -0.25) is 4.48 Å². The molecule has 0 aliphatic heterocycles. The van der Waals surface area contributed by atoms with Gasteiger partial charge in [0.25, 0.3) is 0 Å². The van der Waals surface area contributed by atoms with Crippen molar-refractivity contribution >= 4 is 15.8 Å². The minimum Gasteiger partial charge on any atom is -0.744 e. The van der Waals surface area contributed by atoms with Gasteiger partial charge in [0.1, 0.15) is 15.8 Å². The Labute approximate surface area is 184 Å². The Morgan fingerprint density at radius 2 is 1.27 bits per heavy atom. The maximum atomic E-state index is 10.4. The molecule has 2 aromatic rings. The van der Waals surface area contributed by atoms with Gasteiger partial charge in [0.15, 0.2) is 0 Å². The third-order valence-electron chi connectivity index (χ3n) is 5.34. The Morgan fingerprint density at radius 3 is 1.77 bits per heavy atom. The predicted octanol–water partition coefficient (Wildman–Crippen LogP) is 6.29. The van der Waals surface area contributed by atoms with Gasteiger partial charge in [-0.2, -0.15) is 0 Å². The van der Waals surface area contributed by atoms with Crippen LogP contribution in [0.1, 0.15) is 63.9 Å². The highest BCUT2D eigenvalue weighted by molar-refractivity contribution is 7.85. The van der Waals surface area contributed by atoms with Gasteiger partial charge in [-0.15, -0.1) is 0 Å². The number of unbranched alkanes of at least 4 members (excludes halogenated alkanes) is 7. The molecular formula is C25H39NO3S. The van der Waals surface area contributed by atoms with Gasteiger partial charge in [0.05, 0.1) is 25.5 Å². The Bertz CT molecular complexity index is 800. The zero-order valence-corrected chi connectivity index (χ0v) is 20.0. The molecule has 0 aliphatic rings. The zero-order valence-electron chi connectivity index (χ0n) is 19.1. The molecule has 2 rings (SSSR count).